The SMILES string of the molecule is CCCN=C1CCC(NCCN(C)C(=O)OC(C)(C)C)CC1=C(N)C(=O)N1CCCCC1. The Kier molecular flexibility index (Phi) is 10.0. The molecule has 0 aromatic rings. The number of nitrogens with one attached hydrogen (secondary N) is 1. The molecule has 1 saturated heterocycles. The average Bonchev–Trinajstić information content (AvgIpc) is 2.76. The maximum atomic E-state index is 13.0. The molecule has 1 heterocycles. The summed E-state index contributed by atoms with van der Waals surface area (Å²) in [6.07, 6.45) is 6.33. The Morgan fingerprint density at radius 2 is 1.94 bits per heavy atom. The fourth-order valence-corrected chi connectivity index (χ4v) is 4.05. The van der Waals surface area contributed by atoms with Gasteiger partial charge in [-0.3, -0.25) is 9.79 Å². The number of likely N-dealkylation sites (tertiary alicyclic amines) is 1. The number of ether oxygens (including phenoxy) is 1. The van der Waals surface area contributed by atoms with Gasteiger partial charge in [-0.1, -0.05) is 6.92 Å². The van der Waals surface area contributed by atoms with E-state index in [1.54, 1.807) is 11.9 Å². The summed E-state index contributed by atoms with van der Waals surface area (Å²) in [5.41, 5.74) is 8.17. The Bertz CT molecular complexity index is 705. The third-order valence-electron chi connectivity index (χ3n) is 5.84. The van der Waals surface area contributed by atoms with Crippen LogP contribution in [0.2, 0.25) is 0 Å². The second kappa shape index (κ2) is 12.2. The van der Waals surface area contributed by atoms with Gasteiger partial charge in [0.05, 0.1) is 0 Å². The summed E-state index contributed by atoms with van der Waals surface area (Å²) in [4.78, 5) is 33.4. The van der Waals surface area contributed by atoms with Crippen molar-refractivity contribution >= 4 is 17.7 Å². The van der Waals surface area contributed by atoms with Crippen molar-refractivity contribution < 1.29 is 14.3 Å². The summed E-state index contributed by atoms with van der Waals surface area (Å²) >= 11 is 0. The molecular formula is C24H43N5O3. The van der Waals surface area contributed by atoms with Crippen molar-refractivity contribution in [3.05, 3.63) is 11.3 Å². The minimum absolute atomic E-state index is 0.0470. The highest BCUT2D eigenvalue weighted by atomic mass is 16.6. The number of piperidine rings is 1. The van der Waals surface area contributed by atoms with Crippen LogP contribution in [-0.4, -0.2) is 78.9 Å². The molecule has 1 aliphatic heterocycles. The molecule has 2 amide bonds. The molecule has 1 aliphatic carbocycles. The molecule has 8 heteroatoms. The van der Waals surface area contributed by atoms with Crippen LogP contribution in [0.25, 0.3) is 0 Å². The van der Waals surface area contributed by atoms with E-state index in [-0.39, 0.29) is 18.0 Å². The quantitative estimate of drug-likeness (QED) is 0.582. The highest BCUT2D eigenvalue weighted by Gasteiger charge is 2.28. The number of carbonyl (C=O) groups is 2. The lowest BCUT2D eigenvalue weighted by Crippen LogP contribution is -2.43. The molecular weight excluding hydrogens is 406 g/mol. The van der Waals surface area contributed by atoms with Gasteiger partial charge in [0.15, 0.2) is 0 Å². The van der Waals surface area contributed by atoms with Gasteiger partial charge in [0.2, 0.25) is 0 Å². The number of likely N-dealkylation sites (N-methyl/N-ethyl adjacent to an activating group) is 1. The molecule has 0 aromatic carbocycles. The van der Waals surface area contributed by atoms with Crippen LogP contribution in [0.4, 0.5) is 4.79 Å². The van der Waals surface area contributed by atoms with E-state index in [1.165, 1.54) is 6.42 Å². The Morgan fingerprint density at radius 1 is 1.25 bits per heavy atom. The van der Waals surface area contributed by atoms with Crippen molar-refractivity contribution in [2.45, 2.75) is 84.3 Å². The van der Waals surface area contributed by atoms with Gasteiger partial charge in [-0.25, -0.2) is 4.79 Å². The topological polar surface area (TPSA) is 100 Å². The Morgan fingerprint density at radius 3 is 2.56 bits per heavy atom. The van der Waals surface area contributed by atoms with Crippen molar-refractivity contribution in [3.8, 4) is 0 Å². The first-order chi connectivity index (χ1) is 15.1. The zero-order chi connectivity index (χ0) is 23.7. The fourth-order valence-electron chi connectivity index (χ4n) is 4.05. The molecule has 2 fully saturated rings. The van der Waals surface area contributed by atoms with Crippen LogP contribution in [0.5, 0.6) is 0 Å². The molecule has 0 radical (unpaired) electrons. The minimum Gasteiger partial charge on any atom is -0.444 e. The zero-order valence-corrected chi connectivity index (χ0v) is 20.7. The minimum atomic E-state index is -0.505. The molecule has 1 unspecified atom stereocenters. The lowest BCUT2D eigenvalue weighted by molar-refractivity contribution is -0.128. The maximum absolute atomic E-state index is 13.0. The summed E-state index contributed by atoms with van der Waals surface area (Å²) in [7, 11) is 1.74. The van der Waals surface area contributed by atoms with Crippen LogP contribution in [0, 0.1) is 0 Å². The van der Waals surface area contributed by atoms with E-state index in [2.05, 4.69) is 12.2 Å². The first-order valence-corrected chi connectivity index (χ1v) is 12.1. The maximum Gasteiger partial charge on any atom is 0.410 e. The monoisotopic (exact) mass is 449 g/mol. The first-order valence-electron chi connectivity index (χ1n) is 12.1. The molecule has 2 aliphatic rings. The Balaban J connectivity index is 2.00. The van der Waals surface area contributed by atoms with E-state index in [0.717, 1.165) is 63.0 Å². The van der Waals surface area contributed by atoms with Crippen LogP contribution in [0.3, 0.4) is 0 Å². The van der Waals surface area contributed by atoms with Gasteiger partial charge >= 0.3 is 6.09 Å². The van der Waals surface area contributed by atoms with Crippen LogP contribution >= 0.6 is 0 Å². The van der Waals surface area contributed by atoms with E-state index in [9.17, 15) is 9.59 Å². The summed E-state index contributed by atoms with van der Waals surface area (Å²) in [5, 5.41) is 3.53. The normalized spacial score (nSPS) is 22.6. The van der Waals surface area contributed by atoms with Gasteiger partial charge < -0.3 is 25.6 Å². The number of rotatable bonds is 7. The second-order valence-corrected chi connectivity index (χ2v) is 9.87. The van der Waals surface area contributed by atoms with Gasteiger partial charge in [-0.05, 0) is 65.7 Å². The predicted octanol–water partition coefficient (Wildman–Crippen LogP) is 3.07. The van der Waals surface area contributed by atoms with E-state index >= 15 is 0 Å². The molecule has 1 saturated carbocycles. The number of hydrogen-bond acceptors (Lipinski definition) is 6. The lowest BCUT2D eigenvalue weighted by atomic mass is 9.87. The second-order valence-electron chi connectivity index (χ2n) is 9.87. The molecule has 2 rings (SSSR count). The van der Waals surface area contributed by atoms with Gasteiger partial charge in [-0.15, -0.1) is 0 Å². The molecule has 0 spiro atoms. The first kappa shape index (κ1) is 26.2. The third-order valence-corrected chi connectivity index (χ3v) is 5.84. The summed E-state index contributed by atoms with van der Waals surface area (Å²) in [5.74, 6) is -0.0470. The third kappa shape index (κ3) is 8.11. The molecule has 182 valence electrons. The average molecular weight is 450 g/mol. The van der Waals surface area contributed by atoms with Crippen LogP contribution in [0.1, 0.15) is 72.6 Å². The number of amides is 2. The number of hydrogen-bond donors (Lipinski definition) is 2. The predicted molar refractivity (Wildman–Crippen MR) is 129 cm³/mol. The van der Waals surface area contributed by atoms with Crippen LogP contribution in [0.15, 0.2) is 16.3 Å². The van der Waals surface area contributed by atoms with Crippen molar-refractivity contribution in [1.82, 2.24) is 15.1 Å². The largest absolute Gasteiger partial charge is 0.444 e. The van der Waals surface area contributed by atoms with Gasteiger partial charge in [0, 0.05) is 57.1 Å². The molecule has 1 atom stereocenters. The lowest BCUT2D eigenvalue weighted by Gasteiger charge is -2.31. The van der Waals surface area contributed by atoms with Crippen LogP contribution in [-0.2, 0) is 9.53 Å². The molecule has 0 bridgehead atoms. The van der Waals surface area contributed by atoms with E-state index in [4.69, 9.17) is 15.5 Å². The Hall–Kier alpha value is -2.09. The van der Waals surface area contributed by atoms with E-state index in [0.29, 0.717) is 25.2 Å². The van der Waals surface area contributed by atoms with Crippen molar-refractivity contribution in [1.29, 1.82) is 0 Å². The number of aliphatic imine (C=N–C) groups is 1. The molecule has 32 heavy (non-hydrogen) atoms. The standard InChI is InChI=1S/C24H43N5O3/c1-6-12-27-20-11-10-18(26-13-16-28(5)23(31)32-24(2,3)4)17-19(20)21(25)22(30)29-14-8-7-9-15-29/h18,26H,6-17,25H2,1-5H3. The smallest absolute Gasteiger partial charge is 0.410 e. The highest BCUT2D eigenvalue weighted by Crippen LogP contribution is 2.25. The zero-order valence-electron chi connectivity index (χ0n) is 20.7. The van der Waals surface area contributed by atoms with Gasteiger partial charge in [0.1, 0.15) is 11.3 Å². The van der Waals surface area contributed by atoms with Crippen molar-refractivity contribution in [2.24, 2.45) is 10.7 Å². The molecule has 0 aromatic heterocycles. The highest BCUT2D eigenvalue weighted by molar-refractivity contribution is 6.08. The van der Waals surface area contributed by atoms with E-state index in [1.807, 2.05) is 25.7 Å². The van der Waals surface area contributed by atoms with E-state index < -0.39 is 5.60 Å². The summed E-state index contributed by atoms with van der Waals surface area (Å²) in [6, 6.07) is 0.199. The van der Waals surface area contributed by atoms with Crippen molar-refractivity contribution in [3.63, 3.8) is 0 Å². The fraction of sp³-hybridized carbons (Fsp3) is 0.792. The Labute approximate surface area is 193 Å². The van der Waals surface area contributed by atoms with Crippen LogP contribution < -0.4 is 11.1 Å². The number of nitrogens with two attached hydrogens (primary N) is 1. The number of carbonyl (C=O) groups excluding carboxylic acids is 2. The van der Waals surface area contributed by atoms with Gasteiger partial charge in [-0.2, -0.15) is 0 Å². The number of nitrogens with zero attached hydrogens (tertiary/aromatic N) is 3. The molecule has 8 nitrogen and oxygen atoms in total. The van der Waals surface area contributed by atoms with Gasteiger partial charge in [0.25, 0.3) is 5.91 Å². The van der Waals surface area contributed by atoms with Crippen molar-refractivity contribution in [2.75, 3.05) is 39.8 Å². The molecule has 3 N–H and O–H groups in total. The summed E-state index contributed by atoms with van der Waals surface area (Å²) in [6.45, 7) is 11.2. The summed E-state index contributed by atoms with van der Waals surface area (Å²) < 4.78 is 5.40.